The van der Waals surface area contributed by atoms with Gasteiger partial charge in [-0.15, -0.1) is 11.3 Å². The molecule has 1 atom stereocenters. The maximum Gasteiger partial charge on any atom is 0.330 e. The third-order valence-corrected chi connectivity index (χ3v) is 5.18. The molecule has 0 saturated carbocycles. The van der Waals surface area contributed by atoms with Crippen LogP contribution < -0.4 is 11.2 Å². The van der Waals surface area contributed by atoms with Crippen LogP contribution in [0.25, 0.3) is 0 Å². The molecule has 3 rings (SSSR count). The lowest BCUT2D eigenvalue weighted by Gasteiger charge is -2.24. The predicted molar refractivity (Wildman–Crippen MR) is 81.1 cm³/mol. The number of H-pyrrole nitrogens is 1. The summed E-state index contributed by atoms with van der Waals surface area (Å²) < 4.78 is 1.34. The number of fused-ring (bicyclic) bond motifs is 1. The Kier molecular flexibility index (Phi) is 3.56. The molecule has 2 heterocycles. The Hall–Kier alpha value is -1.33. The Morgan fingerprint density at radius 3 is 3.05 bits per heavy atom. The lowest BCUT2D eigenvalue weighted by Crippen LogP contribution is -2.41. The van der Waals surface area contributed by atoms with Crippen LogP contribution in [-0.2, 0) is 12.8 Å². The van der Waals surface area contributed by atoms with Crippen molar-refractivity contribution < 1.29 is 0 Å². The SMILES string of the molecule is CCc1c(Cl)[nH]c(=O)n(C2CCCc3sccc32)c1=O. The van der Waals surface area contributed by atoms with Gasteiger partial charge in [0.15, 0.2) is 0 Å². The predicted octanol–water partition coefficient (Wildman–Crippen LogP) is 2.74. The van der Waals surface area contributed by atoms with Crippen molar-refractivity contribution in [3.63, 3.8) is 0 Å². The van der Waals surface area contributed by atoms with Gasteiger partial charge in [0, 0.05) is 4.88 Å². The van der Waals surface area contributed by atoms with E-state index in [4.69, 9.17) is 11.6 Å². The van der Waals surface area contributed by atoms with Gasteiger partial charge in [0.2, 0.25) is 0 Å². The Balaban J connectivity index is 2.23. The third-order valence-electron chi connectivity index (χ3n) is 3.86. The van der Waals surface area contributed by atoms with Crippen LogP contribution in [0.4, 0.5) is 0 Å². The Morgan fingerprint density at radius 2 is 2.30 bits per heavy atom. The van der Waals surface area contributed by atoms with Gasteiger partial charge >= 0.3 is 5.69 Å². The number of hydrogen-bond acceptors (Lipinski definition) is 3. The topological polar surface area (TPSA) is 54.9 Å². The average Bonchev–Trinajstić information content (AvgIpc) is 2.87. The molecule has 1 aliphatic rings. The van der Waals surface area contributed by atoms with Gasteiger partial charge in [-0.05, 0) is 42.7 Å². The minimum absolute atomic E-state index is 0.163. The van der Waals surface area contributed by atoms with Gasteiger partial charge in [0.05, 0.1) is 11.6 Å². The van der Waals surface area contributed by atoms with E-state index in [0.717, 1.165) is 24.8 Å². The van der Waals surface area contributed by atoms with E-state index in [1.54, 1.807) is 11.3 Å². The summed E-state index contributed by atoms with van der Waals surface area (Å²) in [6, 6.07) is 1.86. The second-order valence-corrected chi connectivity index (χ2v) is 6.34. The number of aromatic amines is 1. The molecule has 0 amide bonds. The van der Waals surface area contributed by atoms with Crippen LogP contribution in [0, 0.1) is 0 Å². The number of nitrogens with one attached hydrogen (secondary N) is 1. The van der Waals surface area contributed by atoms with E-state index < -0.39 is 5.69 Å². The first-order valence-corrected chi connectivity index (χ1v) is 7.98. The fraction of sp³-hybridized carbons (Fsp3) is 0.429. The van der Waals surface area contributed by atoms with E-state index in [2.05, 4.69) is 4.98 Å². The maximum atomic E-state index is 12.5. The number of thiophene rings is 1. The van der Waals surface area contributed by atoms with Crippen molar-refractivity contribution in [2.45, 2.75) is 38.6 Å². The molecule has 2 aromatic rings. The van der Waals surface area contributed by atoms with Crippen LogP contribution in [0.1, 0.15) is 41.8 Å². The lowest BCUT2D eigenvalue weighted by molar-refractivity contribution is 0.462. The number of nitrogens with zero attached hydrogens (tertiary/aromatic N) is 1. The fourth-order valence-corrected chi connectivity index (χ4v) is 4.16. The van der Waals surface area contributed by atoms with E-state index in [1.165, 1.54) is 9.44 Å². The molecule has 0 radical (unpaired) electrons. The molecule has 0 aliphatic heterocycles. The first-order valence-electron chi connectivity index (χ1n) is 6.73. The molecular formula is C14H15ClN2O2S. The highest BCUT2D eigenvalue weighted by Gasteiger charge is 2.26. The van der Waals surface area contributed by atoms with Gasteiger partial charge < -0.3 is 0 Å². The smallest absolute Gasteiger partial charge is 0.297 e. The Bertz CT molecular complexity index is 759. The van der Waals surface area contributed by atoms with E-state index in [-0.39, 0.29) is 16.8 Å². The Labute approximate surface area is 125 Å². The summed E-state index contributed by atoms with van der Waals surface area (Å²) in [6.07, 6.45) is 3.35. The highest BCUT2D eigenvalue weighted by Crippen LogP contribution is 2.34. The minimum Gasteiger partial charge on any atom is -0.297 e. The fourth-order valence-electron chi connectivity index (χ4n) is 2.88. The molecular weight excluding hydrogens is 296 g/mol. The van der Waals surface area contributed by atoms with Crippen molar-refractivity contribution in [3.05, 3.63) is 53.4 Å². The largest absolute Gasteiger partial charge is 0.330 e. The van der Waals surface area contributed by atoms with Gasteiger partial charge in [0.25, 0.3) is 5.56 Å². The number of aryl methyl sites for hydroxylation is 1. The van der Waals surface area contributed by atoms with Crippen molar-refractivity contribution in [1.82, 2.24) is 9.55 Å². The van der Waals surface area contributed by atoms with Crippen molar-refractivity contribution in [2.24, 2.45) is 0 Å². The average molecular weight is 311 g/mol. The van der Waals surface area contributed by atoms with Crippen LogP contribution >= 0.6 is 22.9 Å². The quantitative estimate of drug-likeness (QED) is 0.867. The number of aromatic nitrogens is 2. The maximum absolute atomic E-state index is 12.5. The summed E-state index contributed by atoms with van der Waals surface area (Å²) in [5.74, 6) is 0. The molecule has 2 aromatic heterocycles. The van der Waals surface area contributed by atoms with E-state index in [9.17, 15) is 9.59 Å². The minimum atomic E-state index is -0.416. The third kappa shape index (κ3) is 2.05. The summed E-state index contributed by atoms with van der Waals surface area (Å²) in [7, 11) is 0. The normalized spacial score (nSPS) is 18.0. The first kappa shape index (κ1) is 13.6. The molecule has 106 valence electrons. The zero-order valence-corrected chi connectivity index (χ0v) is 12.7. The number of rotatable bonds is 2. The summed E-state index contributed by atoms with van der Waals surface area (Å²) in [5, 5.41) is 2.19. The molecule has 6 heteroatoms. The molecule has 0 aromatic carbocycles. The second-order valence-electron chi connectivity index (χ2n) is 4.96. The highest BCUT2D eigenvalue weighted by atomic mass is 35.5. The molecule has 20 heavy (non-hydrogen) atoms. The van der Waals surface area contributed by atoms with Gasteiger partial charge in [-0.1, -0.05) is 18.5 Å². The summed E-state index contributed by atoms with van der Waals surface area (Å²) in [4.78, 5) is 28.6. The van der Waals surface area contributed by atoms with Gasteiger partial charge in [-0.25, -0.2) is 4.79 Å². The van der Waals surface area contributed by atoms with Crippen LogP contribution in [0.15, 0.2) is 21.0 Å². The molecule has 4 nitrogen and oxygen atoms in total. The monoisotopic (exact) mass is 310 g/mol. The second kappa shape index (κ2) is 5.22. The molecule has 1 aliphatic carbocycles. The number of hydrogen-bond donors (Lipinski definition) is 1. The van der Waals surface area contributed by atoms with Gasteiger partial charge in [-0.2, -0.15) is 0 Å². The van der Waals surface area contributed by atoms with Crippen molar-refractivity contribution in [2.75, 3.05) is 0 Å². The van der Waals surface area contributed by atoms with Crippen molar-refractivity contribution >= 4 is 22.9 Å². The van der Waals surface area contributed by atoms with E-state index in [1.807, 2.05) is 18.4 Å². The molecule has 1 N–H and O–H groups in total. The summed E-state index contributed by atoms with van der Waals surface area (Å²) in [5.41, 5.74) is 0.915. The molecule has 1 unspecified atom stereocenters. The molecule has 0 spiro atoms. The van der Waals surface area contributed by atoms with Crippen molar-refractivity contribution in [1.29, 1.82) is 0 Å². The van der Waals surface area contributed by atoms with Crippen LogP contribution in [0.3, 0.4) is 0 Å². The standard InChI is InChI=1S/C14H15ClN2O2S/c1-2-8-12(15)16-14(19)17(13(8)18)10-4-3-5-11-9(10)6-7-20-11/h6-7,10H,2-5H2,1H3,(H,16,19). The summed E-state index contributed by atoms with van der Waals surface area (Å²) in [6.45, 7) is 1.86. The number of halogens is 1. The van der Waals surface area contributed by atoms with Gasteiger partial charge in [0.1, 0.15) is 5.15 Å². The first-order chi connectivity index (χ1) is 9.63. The van der Waals surface area contributed by atoms with Gasteiger partial charge in [-0.3, -0.25) is 14.3 Å². The zero-order chi connectivity index (χ0) is 14.3. The highest BCUT2D eigenvalue weighted by molar-refractivity contribution is 7.10. The van der Waals surface area contributed by atoms with Crippen molar-refractivity contribution in [3.8, 4) is 0 Å². The molecule has 0 fully saturated rings. The zero-order valence-electron chi connectivity index (χ0n) is 11.1. The van der Waals surface area contributed by atoms with E-state index >= 15 is 0 Å². The molecule has 0 bridgehead atoms. The summed E-state index contributed by atoms with van der Waals surface area (Å²) >= 11 is 7.65. The van der Waals surface area contributed by atoms with E-state index in [0.29, 0.717) is 12.0 Å². The molecule has 0 saturated heterocycles. The van der Waals surface area contributed by atoms with Crippen LogP contribution in [0.5, 0.6) is 0 Å². The Morgan fingerprint density at radius 1 is 1.50 bits per heavy atom. The van der Waals surface area contributed by atoms with Crippen LogP contribution in [0.2, 0.25) is 5.15 Å². The van der Waals surface area contributed by atoms with Crippen LogP contribution in [-0.4, -0.2) is 9.55 Å². The lowest BCUT2D eigenvalue weighted by atomic mass is 9.94.